The van der Waals surface area contributed by atoms with Crippen molar-refractivity contribution in [3.8, 4) is 0 Å². The third-order valence-corrected chi connectivity index (χ3v) is 5.40. The third-order valence-electron chi connectivity index (χ3n) is 5.21. The van der Waals surface area contributed by atoms with Crippen LogP contribution in [0.25, 0.3) is 5.65 Å². The summed E-state index contributed by atoms with van der Waals surface area (Å²) in [6.45, 7) is 0.0427. The highest BCUT2D eigenvalue weighted by Gasteiger charge is 2.60. The summed E-state index contributed by atoms with van der Waals surface area (Å²) >= 11 is 5.84. The van der Waals surface area contributed by atoms with Gasteiger partial charge in [0, 0.05) is 25.7 Å². The third kappa shape index (κ3) is 3.36. The van der Waals surface area contributed by atoms with E-state index in [0.717, 1.165) is 28.6 Å². The van der Waals surface area contributed by atoms with Gasteiger partial charge in [0.2, 0.25) is 0 Å². The number of allylic oxidation sites excluding steroid dienone is 1. The zero-order chi connectivity index (χ0) is 22.7. The van der Waals surface area contributed by atoms with E-state index in [1.54, 1.807) is 0 Å². The minimum atomic E-state index is -4.74. The smallest absolute Gasteiger partial charge is 0.342 e. The zero-order valence-electron chi connectivity index (χ0n) is 16.1. The molecule has 4 heterocycles. The van der Waals surface area contributed by atoms with E-state index in [4.69, 9.17) is 11.6 Å². The lowest BCUT2D eigenvalue weighted by atomic mass is 9.88. The monoisotopic (exact) mass is 463 g/mol. The summed E-state index contributed by atoms with van der Waals surface area (Å²) in [6, 6.07) is 0.358. The van der Waals surface area contributed by atoms with Crippen LogP contribution < -0.4 is 10.2 Å². The number of fused-ring (bicyclic) bond motifs is 3. The fourth-order valence-electron chi connectivity index (χ4n) is 3.49. The van der Waals surface area contributed by atoms with Gasteiger partial charge in [-0.05, 0) is 6.92 Å². The highest BCUT2D eigenvalue weighted by Crippen LogP contribution is 2.49. The highest BCUT2D eigenvalue weighted by molar-refractivity contribution is 6.29. The maximum absolute atomic E-state index is 14.1. The Morgan fingerprint density at radius 1 is 1.35 bits per heavy atom. The quantitative estimate of drug-likeness (QED) is 0.694. The van der Waals surface area contributed by atoms with Crippen molar-refractivity contribution < 1.29 is 26.7 Å². The van der Waals surface area contributed by atoms with Crippen LogP contribution in [0.1, 0.15) is 12.6 Å². The summed E-state index contributed by atoms with van der Waals surface area (Å²) < 4.78 is 69.2. The first-order valence-corrected chi connectivity index (χ1v) is 9.25. The molecule has 0 aromatic carbocycles. The Bertz CT molecular complexity index is 1130. The van der Waals surface area contributed by atoms with Crippen LogP contribution in [0.2, 0.25) is 5.15 Å². The SMILES string of the molecule is CN1CN=C(C(F)F)C=C1NC(=O)N1C[C@@](C)(C(F)(F)F)c2c1cnc1cc(Cl)nn21. The Balaban J connectivity index is 1.75. The molecule has 166 valence electrons. The molecule has 0 bridgehead atoms. The molecule has 2 aliphatic heterocycles. The molecular weight excluding hydrogens is 449 g/mol. The molecule has 2 aromatic rings. The predicted octanol–water partition coefficient (Wildman–Crippen LogP) is 3.18. The normalized spacial score (nSPS) is 21.5. The largest absolute Gasteiger partial charge is 0.401 e. The average molecular weight is 464 g/mol. The molecule has 0 fully saturated rings. The van der Waals surface area contributed by atoms with Gasteiger partial charge in [0.15, 0.2) is 10.8 Å². The van der Waals surface area contributed by atoms with E-state index in [9.17, 15) is 26.7 Å². The summed E-state index contributed by atoms with van der Waals surface area (Å²) in [5.74, 6) is -0.0198. The number of nitrogens with one attached hydrogen (secondary N) is 1. The lowest BCUT2D eigenvalue weighted by Crippen LogP contribution is -2.49. The molecule has 0 aliphatic carbocycles. The molecular formula is C17H15ClF5N7O. The van der Waals surface area contributed by atoms with E-state index < -0.39 is 36.3 Å². The standard InChI is InChI=1S/C17H15ClF5N7O/c1-16(17(21,22)23)6-29(9-5-24-11-4-10(18)27-30(11)13(9)16)15(31)26-12-3-8(14(19)20)25-7-28(12)2/h3-5,14H,6-7H2,1-2H3,(H,26,31)/t16-/m1/s1. The maximum Gasteiger partial charge on any atom is 0.401 e. The number of carbonyl (C=O) groups is 1. The summed E-state index contributed by atoms with van der Waals surface area (Å²) in [5.41, 5.74) is -3.34. The molecule has 1 N–H and O–H groups in total. The van der Waals surface area contributed by atoms with Crippen molar-refractivity contribution in [2.45, 2.75) is 24.9 Å². The van der Waals surface area contributed by atoms with Crippen molar-refractivity contribution in [2.24, 2.45) is 4.99 Å². The van der Waals surface area contributed by atoms with E-state index in [1.807, 2.05) is 0 Å². The molecule has 1 atom stereocenters. The van der Waals surface area contributed by atoms with Crippen LogP contribution in [0.15, 0.2) is 29.2 Å². The molecule has 4 rings (SSSR count). The lowest BCUT2D eigenvalue weighted by molar-refractivity contribution is -0.181. The minimum Gasteiger partial charge on any atom is -0.342 e. The Hall–Kier alpha value is -2.96. The number of anilines is 1. The van der Waals surface area contributed by atoms with Crippen molar-refractivity contribution in [1.29, 1.82) is 0 Å². The molecule has 0 spiro atoms. The molecule has 2 aromatic heterocycles. The first-order valence-electron chi connectivity index (χ1n) is 8.88. The Labute approximate surface area is 177 Å². The number of rotatable bonds is 2. The van der Waals surface area contributed by atoms with Gasteiger partial charge in [-0.1, -0.05) is 11.6 Å². The van der Waals surface area contributed by atoms with E-state index in [-0.39, 0.29) is 34.7 Å². The van der Waals surface area contributed by atoms with Crippen molar-refractivity contribution in [3.05, 3.63) is 35.0 Å². The van der Waals surface area contributed by atoms with Crippen molar-refractivity contribution >= 4 is 34.7 Å². The number of aliphatic imine (C=N–C) groups is 1. The van der Waals surface area contributed by atoms with Gasteiger partial charge in [-0.15, -0.1) is 0 Å². The van der Waals surface area contributed by atoms with Crippen LogP contribution in [0, 0.1) is 0 Å². The van der Waals surface area contributed by atoms with E-state index in [1.165, 1.54) is 18.0 Å². The summed E-state index contributed by atoms with van der Waals surface area (Å²) in [4.78, 5) is 22.8. The number of amides is 2. The fraction of sp³-hybridized carbons (Fsp3) is 0.412. The molecule has 0 saturated heterocycles. The van der Waals surface area contributed by atoms with Gasteiger partial charge >= 0.3 is 12.2 Å². The van der Waals surface area contributed by atoms with Gasteiger partial charge < -0.3 is 4.90 Å². The average Bonchev–Trinajstić information content (AvgIpc) is 3.20. The van der Waals surface area contributed by atoms with Gasteiger partial charge in [-0.25, -0.2) is 23.1 Å². The van der Waals surface area contributed by atoms with E-state index in [0.29, 0.717) is 0 Å². The topological polar surface area (TPSA) is 78.1 Å². The molecule has 2 aliphatic rings. The van der Waals surface area contributed by atoms with Crippen LogP contribution in [0.3, 0.4) is 0 Å². The van der Waals surface area contributed by atoms with Crippen molar-refractivity contribution in [2.75, 3.05) is 25.2 Å². The van der Waals surface area contributed by atoms with Gasteiger partial charge in [0.1, 0.15) is 23.6 Å². The van der Waals surface area contributed by atoms with Gasteiger partial charge in [0.05, 0.1) is 17.6 Å². The van der Waals surface area contributed by atoms with Gasteiger partial charge in [-0.2, -0.15) is 18.3 Å². The number of urea groups is 1. The Kier molecular flexibility index (Phi) is 4.83. The molecule has 0 unspecified atom stereocenters. The number of halogens is 6. The molecule has 8 nitrogen and oxygen atoms in total. The molecule has 14 heteroatoms. The van der Waals surface area contributed by atoms with Crippen LogP contribution in [0.4, 0.5) is 32.4 Å². The van der Waals surface area contributed by atoms with E-state index in [2.05, 4.69) is 20.4 Å². The number of alkyl halides is 5. The minimum absolute atomic E-state index is 0.0198. The highest BCUT2D eigenvalue weighted by atomic mass is 35.5. The second kappa shape index (κ2) is 7.04. The first kappa shape index (κ1) is 21.3. The predicted molar refractivity (Wildman–Crippen MR) is 101 cm³/mol. The molecule has 0 radical (unpaired) electrons. The zero-order valence-corrected chi connectivity index (χ0v) is 16.8. The second-order valence-electron chi connectivity index (χ2n) is 7.33. The summed E-state index contributed by atoms with van der Waals surface area (Å²) in [6.07, 6.45) is -5.49. The van der Waals surface area contributed by atoms with Gasteiger partial charge in [0.25, 0.3) is 6.43 Å². The first-order chi connectivity index (χ1) is 14.4. The Morgan fingerprint density at radius 3 is 2.71 bits per heavy atom. The second-order valence-corrected chi connectivity index (χ2v) is 7.72. The van der Waals surface area contributed by atoms with Crippen LogP contribution in [-0.4, -0.2) is 64.1 Å². The Morgan fingerprint density at radius 2 is 2.06 bits per heavy atom. The summed E-state index contributed by atoms with van der Waals surface area (Å²) in [7, 11) is 1.49. The van der Waals surface area contributed by atoms with Crippen molar-refractivity contribution in [1.82, 2.24) is 24.8 Å². The molecule has 31 heavy (non-hydrogen) atoms. The number of hydrogen-bond donors (Lipinski definition) is 1. The van der Waals surface area contributed by atoms with Gasteiger partial charge in [-0.3, -0.25) is 15.2 Å². The lowest BCUT2D eigenvalue weighted by Gasteiger charge is -2.29. The maximum atomic E-state index is 14.1. The molecule has 0 saturated carbocycles. The summed E-state index contributed by atoms with van der Waals surface area (Å²) in [5, 5.41) is 6.22. The van der Waals surface area contributed by atoms with Crippen LogP contribution in [0.5, 0.6) is 0 Å². The fourth-order valence-corrected chi connectivity index (χ4v) is 3.67. The number of aromatic nitrogens is 3. The van der Waals surface area contributed by atoms with E-state index >= 15 is 0 Å². The molecule has 2 amide bonds. The van der Waals surface area contributed by atoms with Crippen LogP contribution in [-0.2, 0) is 5.41 Å². The number of carbonyl (C=O) groups excluding carboxylic acids is 1. The van der Waals surface area contributed by atoms with Crippen LogP contribution >= 0.6 is 11.6 Å². The van der Waals surface area contributed by atoms with Crippen molar-refractivity contribution in [3.63, 3.8) is 0 Å². The number of hydrogen-bond acceptors (Lipinski definition) is 5. The number of nitrogens with zero attached hydrogens (tertiary/aromatic N) is 6.